The Bertz CT molecular complexity index is 484. The number of Topliss-reactive ketones (excluding diaryl/α,β-unsaturated/α-hetero) is 1. The smallest absolute Gasteiger partial charge is 0.219 e. The first kappa shape index (κ1) is 14.8. The fourth-order valence-corrected chi connectivity index (χ4v) is 2.43. The molecule has 1 atom stereocenters. The van der Waals surface area contributed by atoms with E-state index in [9.17, 15) is 13.2 Å². The van der Waals surface area contributed by atoms with Gasteiger partial charge in [0.05, 0.1) is 0 Å². The van der Waals surface area contributed by atoms with Crippen LogP contribution in [0.2, 0.25) is 0 Å². The van der Waals surface area contributed by atoms with Crippen LogP contribution in [-0.2, 0) is 14.8 Å². The molecule has 18 heavy (non-hydrogen) atoms. The minimum Gasteiger partial charge on any atom is -0.382 e. The zero-order valence-corrected chi connectivity index (χ0v) is 11.0. The van der Waals surface area contributed by atoms with Crippen molar-refractivity contribution < 1.29 is 17.9 Å². The number of rotatable bonds is 7. The number of benzene rings is 1. The third-order valence-electron chi connectivity index (χ3n) is 2.48. The minimum absolute atomic E-state index is 0.0698. The second kappa shape index (κ2) is 6.63. The number of ether oxygens (including phenoxy) is 1. The summed E-state index contributed by atoms with van der Waals surface area (Å²) in [7, 11) is -3.92. The second-order valence-electron chi connectivity index (χ2n) is 3.79. The summed E-state index contributed by atoms with van der Waals surface area (Å²) in [6, 6.07) is 8.25. The van der Waals surface area contributed by atoms with E-state index in [-0.39, 0.29) is 13.0 Å². The molecule has 0 aromatic heterocycles. The molecule has 0 spiro atoms. The SMILES string of the molecule is CCOCCC(C(=O)c1ccccc1)S(N)(=O)=O. The largest absolute Gasteiger partial charge is 0.382 e. The number of hydrogen-bond donors (Lipinski definition) is 1. The van der Waals surface area contributed by atoms with Crippen molar-refractivity contribution >= 4 is 15.8 Å². The Hall–Kier alpha value is -1.24. The molecule has 0 aliphatic rings. The Morgan fingerprint density at radius 3 is 2.44 bits per heavy atom. The second-order valence-corrected chi connectivity index (χ2v) is 5.54. The minimum atomic E-state index is -3.92. The van der Waals surface area contributed by atoms with Gasteiger partial charge in [0, 0.05) is 18.8 Å². The molecule has 2 N–H and O–H groups in total. The summed E-state index contributed by atoms with van der Waals surface area (Å²) < 4.78 is 28.0. The van der Waals surface area contributed by atoms with Crippen LogP contribution in [0.5, 0.6) is 0 Å². The molecule has 0 saturated heterocycles. The zero-order valence-electron chi connectivity index (χ0n) is 10.2. The highest BCUT2D eigenvalue weighted by Crippen LogP contribution is 2.12. The first-order valence-electron chi connectivity index (χ1n) is 5.65. The third kappa shape index (κ3) is 4.21. The van der Waals surface area contributed by atoms with Gasteiger partial charge in [0.15, 0.2) is 5.78 Å². The van der Waals surface area contributed by atoms with Gasteiger partial charge in [0.25, 0.3) is 0 Å². The van der Waals surface area contributed by atoms with Gasteiger partial charge in [-0.2, -0.15) is 0 Å². The molecule has 0 amide bonds. The average molecular weight is 271 g/mol. The molecule has 0 radical (unpaired) electrons. The quantitative estimate of drug-likeness (QED) is 0.591. The van der Waals surface area contributed by atoms with Crippen LogP contribution in [0.1, 0.15) is 23.7 Å². The number of ketones is 1. The molecule has 6 heteroatoms. The van der Waals surface area contributed by atoms with Crippen LogP contribution >= 0.6 is 0 Å². The van der Waals surface area contributed by atoms with E-state index in [0.717, 1.165) is 0 Å². The lowest BCUT2D eigenvalue weighted by Crippen LogP contribution is -2.36. The van der Waals surface area contributed by atoms with Crippen molar-refractivity contribution in [3.63, 3.8) is 0 Å². The molecular weight excluding hydrogens is 254 g/mol. The van der Waals surface area contributed by atoms with Crippen molar-refractivity contribution in [3.05, 3.63) is 35.9 Å². The predicted octanol–water partition coefficient (Wildman–Crippen LogP) is 0.953. The molecule has 0 aliphatic carbocycles. The van der Waals surface area contributed by atoms with Gasteiger partial charge in [-0.1, -0.05) is 30.3 Å². The number of carbonyl (C=O) groups is 1. The summed E-state index contributed by atoms with van der Waals surface area (Å²) in [6.07, 6.45) is 0.0698. The maximum Gasteiger partial charge on any atom is 0.219 e. The molecule has 0 saturated carbocycles. The Labute approximate surface area is 107 Å². The monoisotopic (exact) mass is 271 g/mol. The Balaban J connectivity index is 2.87. The first-order chi connectivity index (χ1) is 8.46. The van der Waals surface area contributed by atoms with E-state index in [0.29, 0.717) is 12.2 Å². The topological polar surface area (TPSA) is 86.5 Å². The standard InChI is InChI=1S/C12H17NO4S/c1-2-17-9-8-11(18(13,15)16)12(14)10-6-4-3-5-7-10/h3-7,11H,2,8-9H2,1H3,(H2,13,15,16). The third-order valence-corrected chi connectivity index (χ3v) is 3.72. The van der Waals surface area contributed by atoms with Crippen molar-refractivity contribution in [2.75, 3.05) is 13.2 Å². The van der Waals surface area contributed by atoms with E-state index < -0.39 is 21.1 Å². The normalized spacial score (nSPS) is 13.2. The van der Waals surface area contributed by atoms with Crippen molar-refractivity contribution in [2.24, 2.45) is 5.14 Å². The summed E-state index contributed by atoms with van der Waals surface area (Å²) >= 11 is 0. The fraction of sp³-hybridized carbons (Fsp3) is 0.417. The van der Waals surface area contributed by atoms with E-state index in [1.54, 1.807) is 37.3 Å². The summed E-state index contributed by atoms with van der Waals surface area (Å²) in [5.41, 5.74) is 0.341. The molecule has 0 fully saturated rings. The van der Waals surface area contributed by atoms with Crippen LogP contribution in [0.15, 0.2) is 30.3 Å². The number of hydrogen-bond acceptors (Lipinski definition) is 4. The Morgan fingerprint density at radius 2 is 1.94 bits per heavy atom. The maximum atomic E-state index is 12.1. The molecule has 0 bridgehead atoms. The lowest BCUT2D eigenvalue weighted by atomic mass is 10.1. The Kier molecular flexibility index (Phi) is 5.46. The summed E-state index contributed by atoms with van der Waals surface area (Å²) in [6.45, 7) is 2.46. The highest BCUT2D eigenvalue weighted by Gasteiger charge is 2.29. The van der Waals surface area contributed by atoms with E-state index >= 15 is 0 Å². The fourth-order valence-electron chi connectivity index (χ4n) is 1.57. The highest BCUT2D eigenvalue weighted by molar-refractivity contribution is 7.90. The van der Waals surface area contributed by atoms with Gasteiger partial charge in [-0.05, 0) is 13.3 Å². The van der Waals surface area contributed by atoms with E-state index in [1.165, 1.54) is 0 Å². The van der Waals surface area contributed by atoms with Crippen molar-refractivity contribution in [2.45, 2.75) is 18.6 Å². The lowest BCUT2D eigenvalue weighted by molar-refractivity contribution is 0.0952. The average Bonchev–Trinajstić information content (AvgIpc) is 2.33. The first-order valence-corrected chi connectivity index (χ1v) is 7.26. The molecular formula is C12H17NO4S. The van der Waals surface area contributed by atoms with Crippen molar-refractivity contribution in [3.8, 4) is 0 Å². The van der Waals surface area contributed by atoms with Crippen LogP contribution in [0.25, 0.3) is 0 Å². The van der Waals surface area contributed by atoms with Crippen LogP contribution in [0, 0.1) is 0 Å². The summed E-state index contributed by atoms with van der Waals surface area (Å²) in [5.74, 6) is -0.488. The van der Waals surface area contributed by atoms with E-state index in [2.05, 4.69) is 0 Å². The van der Waals surface area contributed by atoms with Crippen molar-refractivity contribution in [1.82, 2.24) is 0 Å². The molecule has 100 valence electrons. The Morgan fingerprint density at radius 1 is 1.33 bits per heavy atom. The van der Waals surface area contributed by atoms with Gasteiger partial charge < -0.3 is 4.74 Å². The van der Waals surface area contributed by atoms with Crippen LogP contribution in [0.3, 0.4) is 0 Å². The number of sulfonamides is 1. The van der Waals surface area contributed by atoms with Crippen molar-refractivity contribution in [1.29, 1.82) is 0 Å². The number of carbonyl (C=O) groups excluding carboxylic acids is 1. The predicted molar refractivity (Wildman–Crippen MR) is 68.8 cm³/mol. The van der Waals surface area contributed by atoms with Crippen LogP contribution < -0.4 is 5.14 Å². The highest BCUT2D eigenvalue weighted by atomic mass is 32.2. The zero-order chi connectivity index (χ0) is 13.6. The lowest BCUT2D eigenvalue weighted by Gasteiger charge is -2.13. The molecule has 0 heterocycles. The van der Waals surface area contributed by atoms with Gasteiger partial charge in [0.1, 0.15) is 5.25 Å². The number of primary sulfonamides is 1. The summed E-state index contributed by atoms with van der Waals surface area (Å²) in [5, 5.41) is 3.85. The van der Waals surface area contributed by atoms with Gasteiger partial charge in [-0.15, -0.1) is 0 Å². The van der Waals surface area contributed by atoms with E-state index in [4.69, 9.17) is 9.88 Å². The van der Waals surface area contributed by atoms with Gasteiger partial charge in [0.2, 0.25) is 10.0 Å². The van der Waals surface area contributed by atoms with Crippen LogP contribution in [-0.4, -0.2) is 32.7 Å². The number of nitrogens with two attached hydrogens (primary N) is 1. The molecule has 1 unspecified atom stereocenters. The van der Waals surface area contributed by atoms with Crippen LogP contribution in [0.4, 0.5) is 0 Å². The maximum absolute atomic E-state index is 12.1. The van der Waals surface area contributed by atoms with E-state index in [1.807, 2.05) is 0 Å². The van der Waals surface area contributed by atoms with Gasteiger partial charge >= 0.3 is 0 Å². The molecule has 1 aromatic carbocycles. The molecule has 5 nitrogen and oxygen atoms in total. The molecule has 1 aromatic rings. The molecule has 0 aliphatic heterocycles. The summed E-state index contributed by atoms with van der Waals surface area (Å²) in [4.78, 5) is 12.1. The molecule has 1 rings (SSSR count). The van der Waals surface area contributed by atoms with Gasteiger partial charge in [-0.3, -0.25) is 4.79 Å². The van der Waals surface area contributed by atoms with Gasteiger partial charge in [-0.25, -0.2) is 13.6 Å².